The monoisotopic (exact) mass is 249 g/mol. The van der Waals surface area contributed by atoms with E-state index in [4.69, 9.17) is 5.73 Å². The van der Waals surface area contributed by atoms with Crippen LogP contribution in [0.25, 0.3) is 16.8 Å². The van der Waals surface area contributed by atoms with Gasteiger partial charge >= 0.3 is 0 Å². The largest absolute Gasteiger partial charge is 0.397 e. The van der Waals surface area contributed by atoms with E-state index in [1.165, 1.54) is 5.56 Å². The molecule has 2 aromatic carbocycles. The second-order valence-electron chi connectivity index (χ2n) is 4.60. The SMILES string of the molecule is Cc1ccc(-c2cnn(-c3ccccc3N)c2)cc1. The molecule has 0 fully saturated rings. The summed E-state index contributed by atoms with van der Waals surface area (Å²) in [4.78, 5) is 0. The molecule has 94 valence electrons. The minimum Gasteiger partial charge on any atom is -0.397 e. The van der Waals surface area contributed by atoms with Crippen LogP contribution in [0.1, 0.15) is 5.56 Å². The highest BCUT2D eigenvalue weighted by Crippen LogP contribution is 2.22. The van der Waals surface area contributed by atoms with Crippen LogP contribution in [0.5, 0.6) is 0 Å². The van der Waals surface area contributed by atoms with Gasteiger partial charge in [0.05, 0.1) is 17.6 Å². The Morgan fingerprint density at radius 1 is 0.947 bits per heavy atom. The van der Waals surface area contributed by atoms with Crippen LogP contribution in [-0.4, -0.2) is 9.78 Å². The van der Waals surface area contributed by atoms with Gasteiger partial charge < -0.3 is 5.73 Å². The lowest BCUT2D eigenvalue weighted by Crippen LogP contribution is -1.99. The smallest absolute Gasteiger partial charge is 0.0875 e. The summed E-state index contributed by atoms with van der Waals surface area (Å²) >= 11 is 0. The van der Waals surface area contributed by atoms with E-state index in [-0.39, 0.29) is 0 Å². The van der Waals surface area contributed by atoms with Gasteiger partial charge in [-0.05, 0) is 24.6 Å². The molecule has 0 spiro atoms. The Morgan fingerprint density at radius 3 is 2.42 bits per heavy atom. The minimum atomic E-state index is 0.723. The van der Waals surface area contributed by atoms with E-state index in [0.717, 1.165) is 22.5 Å². The molecule has 1 aromatic heterocycles. The van der Waals surface area contributed by atoms with E-state index >= 15 is 0 Å². The minimum absolute atomic E-state index is 0.723. The number of nitrogen functional groups attached to an aromatic ring is 1. The molecule has 3 aromatic rings. The summed E-state index contributed by atoms with van der Waals surface area (Å²) in [6.45, 7) is 2.08. The molecule has 0 radical (unpaired) electrons. The summed E-state index contributed by atoms with van der Waals surface area (Å²) in [7, 11) is 0. The molecule has 0 unspecified atom stereocenters. The van der Waals surface area contributed by atoms with Gasteiger partial charge in [-0.15, -0.1) is 0 Å². The Bertz CT molecular complexity index is 696. The fraction of sp³-hybridized carbons (Fsp3) is 0.0625. The zero-order valence-corrected chi connectivity index (χ0v) is 10.7. The van der Waals surface area contributed by atoms with Crippen LogP contribution in [0.2, 0.25) is 0 Å². The number of hydrogen-bond acceptors (Lipinski definition) is 2. The molecule has 0 amide bonds. The van der Waals surface area contributed by atoms with Crippen molar-refractivity contribution in [3.05, 3.63) is 66.5 Å². The fourth-order valence-corrected chi connectivity index (χ4v) is 2.05. The number of anilines is 1. The average molecular weight is 249 g/mol. The van der Waals surface area contributed by atoms with Crippen LogP contribution < -0.4 is 5.73 Å². The number of nitrogens with zero attached hydrogens (tertiary/aromatic N) is 2. The Labute approximate surface area is 112 Å². The summed E-state index contributed by atoms with van der Waals surface area (Å²) < 4.78 is 1.81. The third kappa shape index (κ3) is 2.22. The highest BCUT2D eigenvalue weighted by atomic mass is 15.3. The van der Waals surface area contributed by atoms with Gasteiger partial charge in [-0.3, -0.25) is 0 Å². The first-order chi connectivity index (χ1) is 9.24. The standard InChI is InChI=1S/C16H15N3/c1-12-6-8-13(9-7-12)14-10-18-19(11-14)16-5-3-2-4-15(16)17/h2-11H,17H2,1H3. The number of nitrogens with two attached hydrogens (primary N) is 1. The van der Waals surface area contributed by atoms with Crippen molar-refractivity contribution in [2.75, 3.05) is 5.73 Å². The quantitative estimate of drug-likeness (QED) is 0.707. The maximum atomic E-state index is 5.96. The number of rotatable bonds is 2. The highest BCUT2D eigenvalue weighted by molar-refractivity contribution is 5.64. The third-order valence-corrected chi connectivity index (χ3v) is 3.15. The normalized spacial score (nSPS) is 10.6. The van der Waals surface area contributed by atoms with Gasteiger partial charge in [-0.25, -0.2) is 4.68 Å². The van der Waals surface area contributed by atoms with E-state index in [1.54, 1.807) is 0 Å². The van der Waals surface area contributed by atoms with Crippen LogP contribution in [0.3, 0.4) is 0 Å². The summed E-state index contributed by atoms with van der Waals surface area (Å²) in [6.07, 6.45) is 3.85. The lowest BCUT2D eigenvalue weighted by molar-refractivity contribution is 0.883. The molecular formula is C16H15N3. The molecule has 3 nitrogen and oxygen atoms in total. The van der Waals surface area contributed by atoms with Gasteiger partial charge in [-0.2, -0.15) is 5.10 Å². The Hall–Kier alpha value is -2.55. The first-order valence-electron chi connectivity index (χ1n) is 6.20. The molecule has 19 heavy (non-hydrogen) atoms. The molecule has 1 heterocycles. The first kappa shape index (κ1) is 11.5. The molecule has 0 saturated heterocycles. The molecule has 0 aliphatic carbocycles. The van der Waals surface area contributed by atoms with E-state index in [1.807, 2.05) is 41.3 Å². The van der Waals surface area contributed by atoms with Crippen LogP contribution in [0.15, 0.2) is 60.9 Å². The van der Waals surface area contributed by atoms with Crippen LogP contribution >= 0.6 is 0 Å². The van der Waals surface area contributed by atoms with Crippen molar-refractivity contribution in [3.63, 3.8) is 0 Å². The van der Waals surface area contributed by atoms with E-state index < -0.39 is 0 Å². The van der Waals surface area contributed by atoms with E-state index in [2.05, 4.69) is 36.3 Å². The predicted octanol–water partition coefficient (Wildman–Crippen LogP) is 3.43. The predicted molar refractivity (Wildman–Crippen MR) is 78.1 cm³/mol. The van der Waals surface area contributed by atoms with E-state index in [9.17, 15) is 0 Å². The Kier molecular flexibility index (Phi) is 2.80. The number of benzene rings is 2. The van der Waals surface area contributed by atoms with Gasteiger partial charge in [0.2, 0.25) is 0 Å². The fourth-order valence-electron chi connectivity index (χ4n) is 2.05. The molecule has 3 heteroatoms. The molecule has 0 aliphatic rings. The van der Waals surface area contributed by atoms with Crippen molar-refractivity contribution in [1.29, 1.82) is 0 Å². The molecule has 0 saturated carbocycles. The van der Waals surface area contributed by atoms with Gasteiger partial charge in [0.25, 0.3) is 0 Å². The van der Waals surface area contributed by atoms with Crippen molar-refractivity contribution in [1.82, 2.24) is 9.78 Å². The lowest BCUT2D eigenvalue weighted by Gasteiger charge is -2.04. The maximum Gasteiger partial charge on any atom is 0.0875 e. The molecule has 3 rings (SSSR count). The number of aromatic nitrogens is 2. The maximum absolute atomic E-state index is 5.96. The van der Waals surface area contributed by atoms with Gasteiger partial charge in [0.1, 0.15) is 0 Å². The zero-order valence-electron chi connectivity index (χ0n) is 10.7. The lowest BCUT2D eigenvalue weighted by atomic mass is 10.1. The van der Waals surface area contributed by atoms with Crippen LogP contribution in [-0.2, 0) is 0 Å². The summed E-state index contributed by atoms with van der Waals surface area (Å²) in [5.74, 6) is 0. The van der Waals surface area contributed by atoms with Gasteiger partial charge in [0.15, 0.2) is 0 Å². The Morgan fingerprint density at radius 2 is 1.68 bits per heavy atom. The molecule has 2 N–H and O–H groups in total. The average Bonchev–Trinajstić information content (AvgIpc) is 2.89. The third-order valence-electron chi connectivity index (χ3n) is 3.15. The number of aryl methyl sites for hydroxylation is 1. The van der Waals surface area contributed by atoms with Gasteiger partial charge in [-0.1, -0.05) is 42.0 Å². The molecule has 0 atom stereocenters. The highest BCUT2D eigenvalue weighted by Gasteiger charge is 2.05. The van der Waals surface area contributed by atoms with Crippen molar-refractivity contribution in [3.8, 4) is 16.8 Å². The van der Waals surface area contributed by atoms with E-state index in [0.29, 0.717) is 0 Å². The van der Waals surface area contributed by atoms with Crippen molar-refractivity contribution in [2.24, 2.45) is 0 Å². The Balaban J connectivity index is 2.00. The molecule has 0 aliphatic heterocycles. The van der Waals surface area contributed by atoms with Crippen molar-refractivity contribution >= 4 is 5.69 Å². The number of para-hydroxylation sites is 2. The van der Waals surface area contributed by atoms with Crippen molar-refractivity contribution < 1.29 is 0 Å². The van der Waals surface area contributed by atoms with Crippen LogP contribution in [0.4, 0.5) is 5.69 Å². The summed E-state index contributed by atoms with van der Waals surface area (Å²) in [6, 6.07) is 16.1. The first-order valence-corrected chi connectivity index (χ1v) is 6.20. The molecular weight excluding hydrogens is 234 g/mol. The number of hydrogen-bond donors (Lipinski definition) is 1. The second-order valence-corrected chi connectivity index (χ2v) is 4.60. The van der Waals surface area contributed by atoms with Crippen molar-refractivity contribution in [2.45, 2.75) is 6.92 Å². The second kappa shape index (κ2) is 4.61. The zero-order chi connectivity index (χ0) is 13.2. The van der Waals surface area contributed by atoms with Gasteiger partial charge in [0, 0.05) is 11.8 Å². The topological polar surface area (TPSA) is 43.8 Å². The summed E-state index contributed by atoms with van der Waals surface area (Å²) in [5, 5.41) is 4.38. The van der Waals surface area contributed by atoms with Crippen LogP contribution in [0, 0.1) is 6.92 Å². The summed E-state index contributed by atoms with van der Waals surface area (Å²) in [5.41, 5.74) is 11.1. The molecule has 0 bridgehead atoms.